The highest BCUT2D eigenvalue weighted by Crippen LogP contribution is 2.30. The Morgan fingerprint density at radius 3 is 2.16 bits per heavy atom. The quantitative estimate of drug-likeness (QED) is 0.262. The van der Waals surface area contributed by atoms with Crippen LogP contribution in [0, 0.1) is 29.6 Å². The lowest BCUT2D eigenvalue weighted by atomic mass is 9.84. The first kappa shape index (κ1) is 37.0. The number of amides is 1. The van der Waals surface area contributed by atoms with Crippen LogP contribution in [0.15, 0.2) is 65.3 Å². The smallest absolute Gasteiger partial charge is 0.329 e. The average Bonchev–Trinajstić information content (AvgIpc) is 2.96. The van der Waals surface area contributed by atoms with Gasteiger partial charge >= 0.3 is 11.9 Å². The number of aliphatic hydroxyl groups excluding tert-OH is 1. The number of hydrogen-bond acceptors (Lipinski definition) is 6. The van der Waals surface area contributed by atoms with Crippen LogP contribution >= 0.6 is 0 Å². The molecule has 0 saturated carbocycles. The number of rotatable bonds is 7. The predicted octanol–water partition coefficient (Wildman–Crippen LogP) is 6.75. The van der Waals surface area contributed by atoms with E-state index in [1.165, 1.54) is 6.92 Å². The summed E-state index contributed by atoms with van der Waals surface area (Å²) in [5.74, 6) is -1.62. The maximum Gasteiger partial charge on any atom is 0.329 e. The summed E-state index contributed by atoms with van der Waals surface area (Å²) in [5.41, 5.74) is 2.87. The van der Waals surface area contributed by atoms with Crippen molar-refractivity contribution in [2.75, 3.05) is 0 Å². The number of nitrogens with one attached hydrogen (secondary N) is 1. The van der Waals surface area contributed by atoms with Crippen molar-refractivity contribution in [3.05, 3.63) is 70.8 Å². The molecule has 0 spiro atoms. The molecule has 0 unspecified atom stereocenters. The molecular formula is C37H55NO6. The Morgan fingerprint density at radius 2 is 1.57 bits per heavy atom. The van der Waals surface area contributed by atoms with Crippen molar-refractivity contribution in [3.63, 3.8) is 0 Å². The maximum absolute atomic E-state index is 13.9. The molecule has 1 heterocycles. The second-order valence-electron chi connectivity index (χ2n) is 13.1. The molecule has 1 aromatic carbocycles. The number of hydrogen-bond donors (Lipinski definition) is 2. The molecule has 2 N–H and O–H groups in total. The van der Waals surface area contributed by atoms with Gasteiger partial charge in [0, 0.05) is 36.7 Å². The Labute approximate surface area is 265 Å². The largest absolute Gasteiger partial charge is 0.460 e. The van der Waals surface area contributed by atoms with Gasteiger partial charge < -0.3 is 19.9 Å². The Balaban J connectivity index is 2.68. The monoisotopic (exact) mass is 609 g/mol. The Hall–Kier alpha value is -3.19. The molecule has 44 heavy (non-hydrogen) atoms. The first-order valence-corrected chi connectivity index (χ1v) is 16.1. The van der Waals surface area contributed by atoms with E-state index < -0.39 is 36.3 Å². The lowest BCUT2D eigenvalue weighted by molar-refractivity contribution is -0.157. The molecule has 1 amide bonds. The summed E-state index contributed by atoms with van der Waals surface area (Å²) in [6.45, 7) is 19.1. The minimum atomic E-state index is -0.907. The van der Waals surface area contributed by atoms with Gasteiger partial charge in [0.15, 0.2) is 0 Å². The van der Waals surface area contributed by atoms with E-state index in [-0.39, 0.29) is 36.0 Å². The van der Waals surface area contributed by atoms with Crippen molar-refractivity contribution in [2.45, 2.75) is 113 Å². The van der Waals surface area contributed by atoms with Gasteiger partial charge in [-0.15, -0.1) is 0 Å². The van der Waals surface area contributed by atoms with E-state index in [4.69, 9.17) is 9.47 Å². The molecule has 1 aromatic rings. The van der Waals surface area contributed by atoms with Crippen molar-refractivity contribution >= 4 is 17.8 Å². The van der Waals surface area contributed by atoms with Crippen LogP contribution in [0.3, 0.4) is 0 Å². The molecule has 0 bridgehead atoms. The van der Waals surface area contributed by atoms with Gasteiger partial charge in [0.05, 0.1) is 6.10 Å². The van der Waals surface area contributed by atoms with Crippen LogP contribution in [-0.4, -0.2) is 47.3 Å². The van der Waals surface area contributed by atoms with Gasteiger partial charge in [0.25, 0.3) is 0 Å². The summed E-state index contributed by atoms with van der Waals surface area (Å²) in [7, 11) is 0. The first-order valence-electron chi connectivity index (χ1n) is 16.1. The number of aliphatic hydroxyl groups is 1. The SMILES string of the molecule is CC[C@H](C)C[C@H](C)[C@H]1OC(=O)[C@H](Cc2ccccc2)NC(=O)/C(C)=C/[C@H](C)[C@H](O)/C(C)=C/[C@H](C)[C@H](OC(C)=O)/C(C)=C/[C@@H]1C. The van der Waals surface area contributed by atoms with Gasteiger partial charge in [0.1, 0.15) is 18.2 Å². The average molecular weight is 610 g/mol. The van der Waals surface area contributed by atoms with Gasteiger partial charge in [-0.3, -0.25) is 9.59 Å². The number of benzene rings is 1. The molecule has 9 atom stereocenters. The fourth-order valence-corrected chi connectivity index (χ4v) is 6.18. The molecule has 0 fully saturated rings. The van der Waals surface area contributed by atoms with Crippen molar-refractivity contribution in [1.29, 1.82) is 0 Å². The molecule has 0 aromatic heterocycles. The number of ether oxygens (including phenoxy) is 2. The summed E-state index contributed by atoms with van der Waals surface area (Å²) < 4.78 is 12.1. The van der Waals surface area contributed by atoms with Gasteiger partial charge in [0.2, 0.25) is 5.91 Å². The van der Waals surface area contributed by atoms with Crippen molar-refractivity contribution in [1.82, 2.24) is 5.32 Å². The minimum Gasteiger partial charge on any atom is -0.460 e. The third-order valence-corrected chi connectivity index (χ3v) is 8.78. The molecule has 244 valence electrons. The molecule has 7 heteroatoms. The highest BCUT2D eigenvalue weighted by atomic mass is 16.5. The fraction of sp³-hybridized carbons (Fsp3) is 0.595. The summed E-state index contributed by atoms with van der Waals surface area (Å²) in [6, 6.07) is 8.65. The normalized spacial score (nSPS) is 32.7. The Bertz CT molecular complexity index is 1200. The summed E-state index contributed by atoms with van der Waals surface area (Å²) in [4.78, 5) is 39.5. The maximum atomic E-state index is 13.9. The topological polar surface area (TPSA) is 102 Å². The van der Waals surface area contributed by atoms with Crippen LogP contribution < -0.4 is 5.32 Å². The zero-order chi connectivity index (χ0) is 33.1. The third kappa shape index (κ3) is 11.1. The van der Waals surface area contributed by atoms with E-state index in [1.807, 2.05) is 77.1 Å². The third-order valence-electron chi connectivity index (χ3n) is 8.78. The molecule has 1 aliphatic heterocycles. The van der Waals surface area contributed by atoms with Gasteiger partial charge in [-0.2, -0.15) is 0 Å². The van der Waals surface area contributed by atoms with E-state index in [0.717, 1.165) is 29.6 Å². The van der Waals surface area contributed by atoms with E-state index in [9.17, 15) is 19.5 Å². The minimum absolute atomic E-state index is 0.0347. The second kappa shape index (κ2) is 17.3. The molecule has 1 aliphatic rings. The number of esters is 2. The molecular weight excluding hydrogens is 554 g/mol. The zero-order valence-electron chi connectivity index (χ0n) is 28.4. The van der Waals surface area contributed by atoms with E-state index in [0.29, 0.717) is 11.5 Å². The molecule has 2 rings (SSSR count). The lowest BCUT2D eigenvalue weighted by Crippen LogP contribution is -2.46. The second-order valence-corrected chi connectivity index (χ2v) is 13.1. The van der Waals surface area contributed by atoms with Gasteiger partial charge in [-0.1, -0.05) is 96.5 Å². The molecule has 0 aliphatic carbocycles. The van der Waals surface area contributed by atoms with Crippen LogP contribution in [0.5, 0.6) is 0 Å². The van der Waals surface area contributed by atoms with Gasteiger partial charge in [-0.25, -0.2) is 4.79 Å². The highest BCUT2D eigenvalue weighted by Gasteiger charge is 2.33. The molecule has 7 nitrogen and oxygen atoms in total. The summed E-state index contributed by atoms with van der Waals surface area (Å²) >= 11 is 0. The van der Waals surface area contributed by atoms with Crippen LogP contribution in [0.4, 0.5) is 0 Å². The predicted molar refractivity (Wildman–Crippen MR) is 176 cm³/mol. The van der Waals surface area contributed by atoms with Crippen LogP contribution in [0.2, 0.25) is 0 Å². The van der Waals surface area contributed by atoms with E-state index in [1.54, 1.807) is 13.0 Å². The van der Waals surface area contributed by atoms with Crippen molar-refractivity contribution in [2.24, 2.45) is 29.6 Å². The molecule has 0 saturated heterocycles. The van der Waals surface area contributed by atoms with Crippen LogP contribution in [0.1, 0.15) is 87.6 Å². The number of cyclic esters (lactones) is 1. The summed E-state index contributed by atoms with van der Waals surface area (Å²) in [5, 5.41) is 14.1. The summed E-state index contributed by atoms with van der Waals surface area (Å²) in [6.07, 6.45) is 5.95. The molecule has 0 radical (unpaired) electrons. The standard InChI is InChI=1S/C37H55NO6/c1-11-22(2)17-25(5)35-28(8)20-27(7)34(43-30(10)39)26(6)18-23(3)33(40)24(4)19-29(9)36(41)38-32(37(42)44-35)21-31-15-13-12-14-16-31/h12-16,18-20,22,24-26,28,32-35,40H,11,17,21H2,1-10H3,(H,38,41)/b23-18+,27-20+,29-19+/t22-,24-,25-,26-,28-,32-,33+,34-,35+/m0/s1. The first-order chi connectivity index (χ1) is 20.6. The highest BCUT2D eigenvalue weighted by molar-refractivity contribution is 5.95. The van der Waals surface area contributed by atoms with Crippen molar-refractivity contribution < 1.29 is 29.0 Å². The van der Waals surface area contributed by atoms with Crippen LogP contribution in [0.25, 0.3) is 0 Å². The zero-order valence-corrected chi connectivity index (χ0v) is 28.4. The van der Waals surface area contributed by atoms with Gasteiger partial charge in [-0.05, 0) is 55.7 Å². The van der Waals surface area contributed by atoms with Crippen LogP contribution in [-0.2, 0) is 30.3 Å². The van der Waals surface area contributed by atoms with E-state index >= 15 is 0 Å². The Morgan fingerprint density at radius 1 is 0.955 bits per heavy atom. The van der Waals surface area contributed by atoms with Crippen molar-refractivity contribution in [3.8, 4) is 0 Å². The lowest BCUT2D eigenvalue weighted by Gasteiger charge is -2.32. The Kier molecular flexibility index (Phi) is 14.6. The number of carbonyl (C=O) groups is 3. The fourth-order valence-electron chi connectivity index (χ4n) is 6.18. The number of carbonyl (C=O) groups excluding carboxylic acids is 3. The van der Waals surface area contributed by atoms with E-state index in [2.05, 4.69) is 26.1 Å².